The Bertz CT molecular complexity index is 1480. The minimum atomic E-state index is -4.49. The number of benzene rings is 2. The molecule has 10 nitrogen and oxygen atoms in total. The summed E-state index contributed by atoms with van der Waals surface area (Å²) in [5, 5.41) is 19.1. The molecule has 0 radical (unpaired) electrons. The van der Waals surface area contributed by atoms with Crippen LogP contribution in [0.3, 0.4) is 0 Å². The zero-order valence-electron chi connectivity index (χ0n) is 19.3. The van der Waals surface area contributed by atoms with Crippen molar-refractivity contribution in [1.29, 1.82) is 0 Å². The van der Waals surface area contributed by atoms with E-state index in [0.717, 1.165) is 13.9 Å². The van der Waals surface area contributed by atoms with E-state index in [0.29, 0.717) is 10.6 Å². The second-order valence-corrected chi connectivity index (χ2v) is 8.20. The third-order valence-corrected chi connectivity index (χ3v) is 5.41. The molecule has 0 bridgehead atoms. The van der Waals surface area contributed by atoms with Gasteiger partial charge in [0.05, 0.1) is 13.0 Å². The number of phenolic OH excluding ortho intramolecular Hbond substituents is 1. The Morgan fingerprint density at radius 2 is 1.81 bits per heavy atom. The fourth-order valence-electron chi connectivity index (χ4n) is 3.49. The van der Waals surface area contributed by atoms with E-state index < -0.39 is 30.8 Å². The summed E-state index contributed by atoms with van der Waals surface area (Å²) in [6.45, 7) is 0.625. The number of carbonyl (C=O) groups is 1. The van der Waals surface area contributed by atoms with Gasteiger partial charge in [-0.2, -0.15) is 13.2 Å². The van der Waals surface area contributed by atoms with Crippen LogP contribution in [0.4, 0.5) is 13.2 Å². The Labute approximate surface area is 212 Å². The molecule has 0 aliphatic rings. The molecule has 4 rings (SSSR count). The lowest BCUT2D eigenvalue weighted by atomic mass is 10.2. The van der Waals surface area contributed by atoms with Gasteiger partial charge in [-0.3, -0.25) is 4.57 Å². The van der Waals surface area contributed by atoms with Crippen LogP contribution in [-0.4, -0.2) is 53.0 Å². The molecule has 0 saturated carbocycles. The molecule has 0 fully saturated rings. The molecule has 0 aliphatic heterocycles. The van der Waals surface area contributed by atoms with E-state index in [1.165, 1.54) is 36.4 Å². The van der Waals surface area contributed by atoms with E-state index in [-0.39, 0.29) is 42.1 Å². The number of nitrogens with zero attached hydrogens (tertiary/aromatic N) is 6. The summed E-state index contributed by atoms with van der Waals surface area (Å²) in [6.07, 6.45) is -5.74. The maximum absolute atomic E-state index is 13.1. The molecule has 37 heavy (non-hydrogen) atoms. The van der Waals surface area contributed by atoms with Gasteiger partial charge in [0, 0.05) is 17.1 Å². The van der Waals surface area contributed by atoms with Crippen molar-refractivity contribution < 1.29 is 27.8 Å². The number of halogens is 4. The predicted octanol–water partition coefficient (Wildman–Crippen LogP) is 3.83. The third kappa shape index (κ3) is 5.82. The van der Waals surface area contributed by atoms with Crippen LogP contribution in [0.1, 0.15) is 29.8 Å². The first-order valence-electron chi connectivity index (χ1n) is 11.0. The first kappa shape index (κ1) is 25.9. The molecule has 14 heteroatoms. The van der Waals surface area contributed by atoms with Crippen molar-refractivity contribution in [3.8, 4) is 22.8 Å². The van der Waals surface area contributed by atoms with Gasteiger partial charge in [-0.15, -0.1) is 10.2 Å². The lowest BCUT2D eigenvalue weighted by Crippen LogP contribution is -2.27. The Balaban J connectivity index is 1.77. The zero-order valence-corrected chi connectivity index (χ0v) is 20.1. The number of aromatic nitrogens is 6. The van der Waals surface area contributed by atoms with Crippen molar-refractivity contribution >= 4 is 17.6 Å². The van der Waals surface area contributed by atoms with Crippen molar-refractivity contribution in [2.75, 3.05) is 6.61 Å². The highest BCUT2D eigenvalue weighted by Gasteiger charge is 2.29. The SMILES string of the molecule is CCOC(=O)c1nc(Cn2nc(-c3ccc(Cl)cc3)n(CCC(F)(F)F)c2=O)nn1-c1ccccc1O. The molecule has 194 valence electrons. The minimum Gasteiger partial charge on any atom is -0.506 e. The van der Waals surface area contributed by atoms with Gasteiger partial charge in [-0.25, -0.2) is 23.9 Å². The lowest BCUT2D eigenvalue weighted by molar-refractivity contribution is -0.136. The van der Waals surface area contributed by atoms with Gasteiger partial charge in [0.1, 0.15) is 18.0 Å². The van der Waals surface area contributed by atoms with Gasteiger partial charge in [-0.05, 0) is 43.3 Å². The number of phenols is 1. The van der Waals surface area contributed by atoms with Crippen LogP contribution in [-0.2, 0) is 17.8 Å². The summed E-state index contributed by atoms with van der Waals surface area (Å²) in [5.41, 5.74) is -0.317. The van der Waals surface area contributed by atoms with Crippen molar-refractivity contribution in [2.45, 2.75) is 32.6 Å². The average Bonchev–Trinajstić information content (AvgIpc) is 3.40. The summed E-state index contributed by atoms with van der Waals surface area (Å²) in [7, 11) is 0. The fraction of sp³-hybridized carbons (Fsp3) is 0.261. The van der Waals surface area contributed by atoms with Gasteiger partial charge in [0.25, 0.3) is 0 Å². The molecule has 2 heterocycles. The van der Waals surface area contributed by atoms with E-state index in [4.69, 9.17) is 16.3 Å². The molecule has 2 aromatic heterocycles. The second-order valence-electron chi connectivity index (χ2n) is 7.76. The lowest BCUT2D eigenvalue weighted by Gasteiger charge is -2.08. The Morgan fingerprint density at radius 1 is 1.11 bits per heavy atom. The predicted molar refractivity (Wildman–Crippen MR) is 126 cm³/mol. The van der Waals surface area contributed by atoms with Gasteiger partial charge in [0.15, 0.2) is 11.6 Å². The molecule has 0 atom stereocenters. The van der Waals surface area contributed by atoms with E-state index in [9.17, 15) is 27.9 Å². The summed E-state index contributed by atoms with van der Waals surface area (Å²) >= 11 is 5.91. The van der Waals surface area contributed by atoms with Gasteiger partial charge >= 0.3 is 17.8 Å². The number of para-hydroxylation sites is 2. The number of carbonyl (C=O) groups excluding carboxylic acids is 1. The van der Waals surface area contributed by atoms with E-state index in [2.05, 4.69) is 15.2 Å². The molecule has 0 aliphatic carbocycles. The van der Waals surface area contributed by atoms with Crippen LogP contribution >= 0.6 is 11.6 Å². The van der Waals surface area contributed by atoms with Gasteiger partial charge < -0.3 is 9.84 Å². The molecular weight excluding hydrogens is 517 g/mol. The monoisotopic (exact) mass is 536 g/mol. The number of esters is 1. The summed E-state index contributed by atoms with van der Waals surface area (Å²) in [4.78, 5) is 29.7. The van der Waals surface area contributed by atoms with Crippen molar-refractivity contribution in [3.05, 3.63) is 75.7 Å². The summed E-state index contributed by atoms with van der Waals surface area (Å²) in [6, 6.07) is 12.2. The number of alkyl halides is 3. The maximum Gasteiger partial charge on any atom is 0.390 e. The highest BCUT2D eigenvalue weighted by atomic mass is 35.5. The van der Waals surface area contributed by atoms with Crippen molar-refractivity contribution in [2.24, 2.45) is 0 Å². The Kier molecular flexibility index (Phi) is 7.34. The van der Waals surface area contributed by atoms with Crippen molar-refractivity contribution in [3.63, 3.8) is 0 Å². The van der Waals surface area contributed by atoms with Crippen LogP contribution < -0.4 is 5.69 Å². The Hall–Kier alpha value is -4.13. The van der Waals surface area contributed by atoms with Crippen LogP contribution in [0.5, 0.6) is 5.75 Å². The van der Waals surface area contributed by atoms with Crippen LogP contribution in [0.25, 0.3) is 17.1 Å². The third-order valence-electron chi connectivity index (χ3n) is 5.15. The Morgan fingerprint density at radius 3 is 2.46 bits per heavy atom. The number of hydrogen-bond acceptors (Lipinski definition) is 7. The van der Waals surface area contributed by atoms with Gasteiger partial charge in [-0.1, -0.05) is 23.7 Å². The summed E-state index contributed by atoms with van der Waals surface area (Å²) < 4.78 is 46.7. The molecule has 0 spiro atoms. The second kappa shape index (κ2) is 10.5. The molecule has 1 N–H and O–H groups in total. The molecule has 2 aromatic carbocycles. The maximum atomic E-state index is 13.1. The normalized spacial score (nSPS) is 11.6. The number of rotatable bonds is 8. The minimum absolute atomic E-state index is 0.00308. The first-order chi connectivity index (χ1) is 17.6. The van der Waals surface area contributed by atoms with Gasteiger partial charge in [0.2, 0.25) is 5.82 Å². The molecule has 4 aromatic rings. The standard InChI is InChI=1S/C23H20ClF3N6O4/c1-2-37-21(35)20-28-18(29-33(20)16-5-3-4-6-17(16)34)13-32-22(36)31(12-11-23(25,26)27)19(30-32)14-7-9-15(24)10-8-14/h3-10,34H,2,11-13H2,1H3. The van der Waals surface area contributed by atoms with E-state index in [1.807, 2.05) is 0 Å². The highest BCUT2D eigenvalue weighted by Crippen LogP contribution is 2.24. The number of aromatic hydroxyl groups is 1. The quantitative estimate of drug-likeness (QED) is 0.340. The fourth-order valence-corrected chi connectivity index (χ4v) is 3.62. The smallest absolute Gasteiger partial charge is 0.390 e. The van der Waals surface area contributed by atoms with Crippen LogP contribution in [0.2, 0.25) is 5.02 Å². The molecule has 0 unspecified atom stereocenters. The number of hydrogen-bond donors (Lipinski definition) is 1. The topological polar surface area (TPSA) is 117 Å². The highest BCUT2D eigenvalue weighted by molar-refractivity contribution is 6.30. The molecular formula is C23H20ClF3N6O4. The van der Waals surface area contributed by atoms with Crippen LogP contribution in [0.15, 0.2) is 53.3 Å². The largest absolute Gasteiger partial charge is 0.506 e. The van der Waals surface area contributed by atoms with E-state index >= 15 is 0 Å². The molecule has 0 saturated heterocycles. The average molecular weight is 537 g/mol. The summed E-state index contributed by atoms with van der Waals surface area (Å²) in [5.74, 6) is -1.34. The van der Waals surface area contributed by atoms with Crippen molar-refractivity contribution in [1.82, 2.24) is 29.1 Å². The van der Waals surface area contributed by atoms with Crippen LogP contribution in [0, 0.1) is 0 Å². The first-order valence-corrected chi connectivity index (χ1v) is 11.4. The van der Waals surface area contributed by atoms with E-state index in [1.54, 1.807) is 19.1 Å². The molecule has 0 amide bonds. The number of ether oxygens (including phenoxy) is 1. The zero-order chi connectivity index (χ0) is 26.7.